The normalized spacial score (nSPS) is 10.7. The quantitative estimate of drug-likeness (QED) is 0.700. The number of halogens is 1. The van der Waals surface area contributed by atoms with Crippen molar-refractivity contribution in [3.63, 3.8) is 0 Å². The van der Waals surface area contributed by atoms with Gasteiger partial charge in [-0.1, -0.05) is 15.9 Å². The van der Waals surface area contributed by atoms with Crippen LogP contribution in [0.4, 0.5) is 5.69 Å². The minimum Gasteiger partial charge on any atom is -0.494 e. The lowest BCUT2D eigenvalue weighted by atomic mass is 10.1. The molecule has 0 saturated heterocycles. The first kappa shape index (κ1) is 15.6. The number of ether oxygens (including phenoxy) is 1. The van der Waals surface area contributed by atoms with Gasteiger partial charge in [-0.05, 0) is 49.4 Å². The van der Waals surface area contributed by atoms with Crippen LogP contribution in [-0.4, -0.2) is 12.5 Å². The van der Waals surface area contributed by atoms with Gasteiger partial charge in [0.05, 0.1) is 19.3 Å². The number of anilines is 1. The summed E-state index contributed by atoms with van der Waals surface area (Å²) in [4.78, 5) is 12.2. The Morgan fingerprint density at radius 3 is 2.74 bits per heavy atom. The van der Waals surface area contributed by atoms with Crippen LogP contribution in [0.1, 0.15) is 12.5 Å². The number of hydrogen-bond acceptors (Lipinski definition) is 3. The topological polar surface area (TPSA) is 51.5 Å². The molecule has 23 heavy (non-hydrogen) atoms. The third-order valence-electron chi connectivity index (χ3n) is 3.42. The van der Waals surface area contributed by atoms with Crippen molar-refractivity contribution in [3.05, 3.63) is 58.8 Å². The molecule has 1 aromatic heterocycles. The molecule has 5 heteroatoms. The number of fused-ring (bicyclic) bond motifs is 1. The monoisotopic (exact) mass is 373 g/mol. The Morgan fingerprint density at radius 2 is 2.00 bits per heavy atom. The van der Waals surface area contributed by atoms with Crippen LogP contribution in [-0.2, 0) is 11.2 Å². The molecule has 0 atom stereocenters. The van der Waals surface area contributed by atoms with Crippen molar-refractivity contribution in [2.24, 2.45) is 0 Å². The molecule has 118 valence electrons. The van der Waals surface area contributed by atoms with E-state index in [1.807, 2.05) is 49.4 Å². The zero-order valence-corrected chi connectivity index (χ0v) is 14.2. The van der Waals surface area contributed by atoms with Crippen LogP contribution in [0.3, 0.4) is 0 Å². The van der Waals surface area contributed by atoms with E-state index in [-0.39, 0.29) is 12.3 Å². The molecule has 0 bridgehead atoms. The second kappa shape index (κ2) is 6.87. The van der Waals surface area contributed by atoms with Gasteiger partial charge in [-0.3, -0.25) is 4.79 Å². The van der Waals surface area contributed by atoms with Gasteiger partial charge >= 0.3 is 0 Å². The maximum absolute atomic E-state index is 12.2. The Kier molecular flexibility index (Phi) is 4.67. The van der Waals surface area contributed by atoms with Crippen LogP contribution >= 0.6 is 15.9 Å². The van der Waals surface area contributed by atoms with Crippen LogP contribution in [0.15, 0.2) is 57.6 Å². The molecule has 0 unspecified atom stereocenters. The van der Waals surface area contributed by atoms with Gasteiger partial charge in [0, 0.05) is 21.1 Å². The van der Waals surface area contributed by atoms with E-state index in [0.29, 0.717) is 6.61 Å². The molecule has 0 aliphatic heterocycles. The Bertz CT molecular complexity index is 824. The van der Waals surface area contributed by atoms with Crippen molar-refractivity contribution in [2.75, 3.05) is 11.9 Å². The first-order valence-electron chi connectivity index (χ1n) is 7.34. The molecule has 0 saturated carbocycles. The first-order chi connectivity index (χ1) is 11.2. The van der Waals surface area contributed by atoms with Gasteiger partial charge in [-0.25, -0.2) is 0 Å². The largest absolute Gasteiger partial charge is 0.494 e. The second-order valence-electron chi connectivity index (χ2n) is 5.08. The number of nitrogens with one attached hydrogen (secondary N) is 1. The number of furan rings is 1. The van der Waals surface area contributed by atoms with Crippen LogP contribution in [0.2, 0.25) is 0 Å². The van der Waals surface area contributed by atoms with Gasteiger partial charge in [0.25, 0.3) is 0 Å². The molecule has 3 aromatic rings. The molecule has 0 spiro atoms. The van der Waals surface area contributed by atoms with Crippen LogP contribution < -0.4 is 10.1 Å². The Labute approximate surface area is 142 Å². The SMILES string of the molecule is CCOc1ccc(NC(=O)Cc2coc3ccc(Br)cc23)cc1. The number of benzene rings is 2. The van der Waals surface area contributed by atoms with Crippen LogP contribution in [0.25, 0.3) is 11.0 Å². The summed E-state index contributed by atoms with van der Waals surface area (Å²) in [6.07, 6.45) is 1.89. The Balaban J connectivity index is 1.69. The minimum absolute atomic E-state index is 0.0863. The molecule has 0 aliphatic carbocycles. The highest BCUT2D eigenvalue weighted by Gasteiger charge is 2.11. The lowest BCUT2D eigenvalue weighted by Gasteiger charge is -2.06. The van der Waals surface area contributed by atoms with Crippen molar-refractivity contribution in [1.82, 2.24) is 0 Å². The van der Waals surface area contributed by atoms with Gasteiger partial charge in [0.1, 0.15) is 11.3 Å². The van der Waals surface area contributed by atoms with E-state index in [2.05, 4.69) is 21.2 Å². The molecular formula is C18H16BrNO3. The molecule has 0 fully saturated rings. The molecule has 0 radical (unpaired) electrons. The van der Waals surface area contributed by atoms with Gasteiger partial charge in [-0.15, -0.1) is 0 Å². The number of hydrogen-bond donors (Lipinski definition) is 1. The van der Waals surface area contributed by atoms with E-state index >= 15 is 0 Å². The predicted octanol–water partition coefficient (Wildman–Crippen LogP) is 4.78. The highest BCUT2D eigenvalue weighted by molar-refractivity contribution is 9.10. The highest BCUT2D eigenvalue weighted by Crippen LogP contribution is 2.25. The summed E-state index contributed by atoms with van der Waals surface area (Å²) in [6, 6.07) is 13.1. The van der Waals surface area contributed by atoms with Crippen molar-refractivity contribution in [1.29, 1.82) is 0 Å². The van der Waals surface area contributed by atoms with Gasteiger partial charge in [-0.2, -0.15) is 0 Å². The van der Waals surface area contributed by atoms with Crippen molar-refractivity contribution >= 4 is 38.5 Å². The standard InChI is InChI=1S/C18H16BrNO3/c1-2-22-15-6-4-14(5-7-15)20-18(21)9-12-11-23-17-8-3-13(19)10-16(12)17/h3-8,10-11H,2,9H2,1H3,(H,20,21). The van der Waals surface area contributed by atoms with Crippen LogP contribution in [0.5, 0.6) is 5.75 Å². The number of amides is 1. The van der Waals surface area contributed by atoms with Gasteiger partial charge < -0.3 is 14.5 Å². The fourth-order valence-electron chi connectivity index (χ4n) is 2.37. The molecule has 4 nitrogen and oxygen atoms in total. The maximum Gasteiger partial charge on any atom is 0.228 e. The fraction of sp³-hybridized carbons (Fsp3) is 0.167. The molecule has 2 aromatic carbocycles. The number of carbonyl (C=O) groups excluding carboxylic acids is 1. The Morgan fingerprint density at radius 1 is 1.22 bits per heavy atom. The summed E-state index contributed by atoms with van der Waals surface area (Å²) < 4.78 is 11.8. The van der Waals surface area contributed by atoms with Crippen molar-refractivity contribution in [2.45, 2.75) is 13.3 Å². The fourth-order valence-corrected chi connectivity index (χ4v) is 2.73. The second-order valence-corrected chi connectivity index (χ2v) is 6.00. The number of rotatable bonds is 5. The number of carbonyl (C=O) groups is 1. The third-order valence-corrected chi connectivity index (χ3v) is 3.91. The molecule has 3 rings (SSSR count). The summed E-state index contributed by atoms with van der Waals surface area (Å²) in [5.74, 6) is 0.702. The van der Waals surface area contributed by atoms with E-state index in [4.69, 9.17) is 9.15 Å². The lowest BCUT2D eigenvalue weighted by molar-refractivity contribution is -0.115. The average Bonchev–Trinajstić information content (AvgIpc) is 2.92. The highest BCUT2D eigenvalue weighted by atomic mass is 79.9. The van der Waals surface area contributed by atoms with Crippen molar-refractivity contribution in [3.8, 4) is 5.75 Å². The van der Waals surface area contributed by atoms with E-state index < -0.39 is 0 Å². The zero-order valence-electron chi connectivity index (χ0n) is 12.6. The zero-order chi connectivity index (χ0) is 16.2. The summed E-state index contributed by atoms with van der Waals surface area (Å²) in [5.41, 5.74) is 2.38. The Hall–Kier alpha value is -2.27. The van der Waals surface area contributed by atoms with E-state index in [9.17, 15) is 4.79 Å². The minimum atomic E-state index is -0.0863. The summed E-state index contributed by atoms with van der Waals surface area (Å²) >= 11 is 3.44. The maximum atomic E-state index is 12.2. The smallest absolute Gasteiger partial charge is 0.228 e. The van der Waals surface area contributed by atoms with Gasteiger partial charge in [0.15, 0.2) is 0 Å². The summed E-state index contributed by atoms with van der Waals surface area (Å²) in [5, 5.41) is 3.83. The first-order valence-corrected chi connectivity index (χ1v) is 8.13. The van der Waals surface area contributed by atoms with E-state index in [1.165, 1.54) is 0 Å². The van der Waals surface area contributed by atoms with E-state index in [1.54, 1.807) is 6.26 Å². The summed E-state index contributed by atoms with van der Waals surface area (Å²) in [6.45, 7) is 2.55. The average molecular weight is 374 g/mol. The molecule has 1 heterocycles. The van der Waals surface area contributed by atoms with E-state index in [0.717, 1.165) is 32.4 Å². The predicted molar refractivity (Wildman–Crippen MR) is 93.9 cm³/mol. The summed E-state index contributed by atoms with van der Waals surface area (Å²) in [7, 11) is 0. The third kappa shape index (κ3) is 3.74. The molecule has 1 N–H and O–H groups in total. The lowest BCUT2D eigenvalue weighted by Crippen LogP contribution is -2.14. The molecule has 0 aliphatic rings. The molecule has 1 amide bonds. The van der Waals surface area contributed by atoms with Crippen molar-refractivity contribution < 1.29 is 13.9 Å². The van der Waals surface area contributed by atoms with Gasteiger partial charge in [0.2, 0.25) is 5.91 Å². The molecular weight excluding hydrogens is 358 g/mol. The van der Waals surface area contributed by atoms with Crippen LogP contribution in [0, 0.1) is 0 Å².